The molecule has 2 aliphatic rings. The first-order chi connectivity index (χ1) is 12.8. The van der Waals surface area contributed by atoms with Crippen LogP contribution >= 0.6 is 0 Å². The number of hydrogen-bond acceptors (Lipinski definition) is 1. The lowest BCUT2D eigenvalue weighted by Gasteiger charge is -2.15. The predicted molar refractivity (Wildman–Crippen MR) is 105 cm³/mol. The minimum absolute atomic E-state index is 0.282. The molecule has 0 aromatic heterocycles. The van der Waals surface area contributed by atoms with Gasteiger partial charge in [-0.05, 0) is 36.0 Å². The average molecular weight is 338 g/mol. The summed E-state index contributed by atoms with van der Waals surface area (Å²) in [5, 5.41) is 0. The molecule has 3 atom stereocenters. The Morgan fingerprint density at radius 1 is 0.692 bits per heavy atom. The zero-order valence-corrected chi connectivity index (χ0v) is 14.8. The third-order valence-electron chi connectivity index (χ3n) is 6.37. The first-order valence-corrected chi connectivity index (χ1v) is 9.55. The lowest BCUT2D eigenvalue weighted by atomic mass is 9.86. The Morgan fingerprint density at radius 2 is 1.23 bits per heavy atom. The van der Waals surface area contributed by atoms with Crippen molar-refractivity contribution in [3.8, 4) is 0 Å². The Labute approximate surface area is 154 Å². The second kappa shape index (κ2) is 5.95. The number of rotatable bonds is 2. The van der Waals surface area contributed by atoms with E-state index in [9.17, 15) is 4.79 Å². The number of fused-ring (bicyclic) bond motifs is 1. The number of ketones is 1. The molecule has 26 heavy (non-hydrogen) atoms. The molecular weight excluding hydrogens is 316 g/mol. The summed E-state index contributed by atoms with van der Waals surface area (Å²) in [7, 11) is 0. The first kappa shape index (κ1) is 15.6. The summed E-state index contributed by atoms with van der Waals surface area (Å²) in [6.45, 7) is 0. The number of benzene rings is 3. The molecule has 0 bridgehead atoms. The predicted octanol–water partition coefficient (Wildman–Crippen LogP) is 5.77. The maximum atomic E-state index is 13.8. The molecule has 1 unspecified atom stereocenters. The summed E-state index contributed by atoms with van der Waals surface area (Å²) >= 11 is 0. The SMILES string of the molecule is O=C1c2ccccc2CCCC12[C@H](c1ccccc1)[C@@H]2c1ccccc1. The monoisotopic (exact) mass is 338 g/mol. The van der Waals surface area contributed by atoms with Gasteiger partial charge in [0.1, 0.15) is 0 Å². The highest BCUT2D eigenvalue weighted by molar-refractivity contribution is 6.06. The van der Waals surface area contributed by atoms with Gasteiger partial charge in [0.25, 0.3) is 0 Å². The van der Waals surface area contributed by atoms with Gasteiger partial charge in [-0.15, -0.1) is 0 Å². The van der Waals surface area contributed by atoms with E-state index in [0.29, 0.717) is 5.78 Å². The molecule has 0 saturated heterocycles. The van der Waals surface area contributed by atoms with Crippen molar-refractivity contribution in [1.29, 1.82) is 0 Å². The van der Waals surface area contributed by atoms with E-state index in [-0.39, 0.29) is 17.3 Å². The van der Waals surface area contributed by atoms with Crippen molar-refractivity contribution >= 4 is 5.78 Å². The van der Waals surface area contributed by atoms with Crippen molar-refractivity contribution < 1.29 is 4.79 Å². The third kappa shape index (κ3) is 2.20. The zero-order valence-electron chi connectivity index (χ0n) is 14.8. The summed E-state index contributed by atoms with van der Waals surface area (Å²) < 4.78 is 0. The van der Waals surface area contributed by atoms with E-state index in [2.05, 4.69) is 72.8 Å². The van der Waals surface area contributed by atoms with Crippen molar-refractivity contribution in [2.45, 2.75) is 31.1 Å². The van der Waals surface area contributed by atoms with Crippen LogP contribution in [0.2, 0.25) is 0 Å². The van der Waals surface area contributed by atoms with Crippen LogP contribution in [0, 0.1) is 5.41 Å². The van der Waals surface area contributed by atoms with Crippen molar-refractivity contribution in [2.24, 2.45) is 5.41 Å². The number of carbonyl (C=O) groups excluding carboxylic acids is 1. The summed E-state index contributed by atoms with van der Waals surface area (Å²) in [6, 6.07) is 29.5. The highest BCUT2D eigenvalue weighted by Gasteiger charge is 2.69. The fourth-order valence-corrected chi connectivity index (χ4v) is 5.23. The lowest BCUT2D eigenvalue weighted by Crippen LogP contribution is -2.19. The second-order valence-corrected chi connectivity index (χ2v) is 7.66. The molecular formula is C25H22O. The summed E-state index contributed by atoms with van der Waals surface area (Å²) in [5.74, 6) is 0.919. The van der Waals surface area contributed by atoms with Crippen LogP contribution in [0.4, 0.5) is 0 Å². The van der Waals surface area contributed by atoms with Gasteiger partial charge in [-0.3, -0.25) is 4.79 Å². The van der Waals surface area contributed by atoms with E-state index in [1.807, 2.05) is 12.1 Å². The number of carbonyl (C=O) groups is 1. The van der Waals surface area contributed by atoms with Crippen molar-refractivity contribution in [2.75, 3.05) is 0 Å². The van der Waals surface area contributed by atoms with E-state index in [1.54, 1.807) is 0 Å². The molecule has 0 aliphatic heterocycles. The van der Waals surface area contributed by atoms with Gasteiger partial charge in [0.2, 0.25) is 0 Å². The highest BCUT2D eigenvalue weighted by Crippen LogP contribution is 2.74. The number of Topliss-reactive ketones (excluding diaryl/α,β-unsaturated/α-hetero) is 1. The van der Waals surface area contributed by atoms with Gasteiger partial charge >= 0.3 is 0 Å². The minimum Gasteiger partial charge on any atom is -0.293 e. The summed E-state index contributed by atoms with van der Waals surface area (Å²) in [6.07, 6.45) is 3.06. The molecule has 0 heterocycles. The van der Waals surface area contributed by atoms with E-state index >= 15 is 0 Å². The van der Waals surface area contributed by atoms with Crippen molar-refractivity contribution in [1.82, 2.24) is 0 Å². The number of aryl methyl sites for hydroxylation is 1. The van der Waals surface area contributed by atoms with Gasteiger partial charge < -0.3 is 0 Å². The van der Waals surface area contributed by atoms with Gasteiger partial charge in [0, 0.05) is 22.8 Å². The summed E-state index contributed by atoms with van der Waals surface area (Å²) in [5.41, 5.74) is 4.49. The topological polar surface area (TPSA) is 17.1 Å². The highest BCUT2D eigenvalue weighted by atomic mass is 16.1. The van der Waals surface area contributed by atoms with Crippen molar-refractivity contribution in [3.05, 3.63) is 107 Å². The quantitative estimate of drug-likeness (QED) is 0.579. The van der Waals surface area contributed by atoms with Crippen LogP contribution in [-0.4, -0.2) is 5.78 Å². The maximum absolute atomic E-state index is 13.8. The normalized spacial score (nSPS) is 27.0. The van der Waals surface area contributed by atoms with Gasteiger partial charge in [-0.1, -0.05) is 84.9 Å². The molecule has 1 fully saturated rings. The zero-order chi connectivity index (χ0) is 17.6. The van der Waals surface area contributed by atoms with Gasteiger partial charge in [-0.25, -0.2) is 0 Å². The Hall–Kier alpha value is -2.67. The van der Waals surface area contributed by atoms with Crippen LogP contribution in [0.1, 0.15) is 51.7 Å². The maximum Gasteiger partial charge on any atom is 0.170 e. The molecule has 1 nitrogen and oxygen atoms in total. The molecule has 1 spiro atoms. The van der Waals surface area contributed by atoms with E-state index in [0.717, 1.165) is 24.8 Å². The van der Waals surface area contributed by atoms with E-state index in [4.69, 9.17) is 0 Å². The van der Waals surface area contributed by atoms with Crippen LogP contribution in [0.15, 0.2) is 84.9 Å². The van der Waals surface area contributed by atoms with E-state index < -0.39 is 0 Å². The Kier molecular flexibility index (Phi) is 3.56. The molecule has 5 rings (SSSR count). The first-order valence-electron chi connectivity index (χ1n) is 9.55. The lowest BCUT2D eigenvalue weighted by molar-refractivity contribution is 0.0885. The molecule has 0 amide bonds. The largest absolute Gasteiger partial charge is 0.293 e. The molecule has 3 aromatic rings. The molecule has 0 radical (unpaired) electrons. The minimum atomic E-state index is -0.282. The van der Waals surface area contributed by atoms with Crippen LogP contribution in [0.25, 0.3) is 0 Å². The fourth-order valence-electron chi connectivity index (χ4n) is 5.23. The van der Waals surface area contributed by atoms with Crippen LogP contribution < -0.4 is 0 Å². The summed E-state index contributed by atoms with van der Waals surface area (Å²) in [4.78, 5) is 13.8. The number of hydrogen-bond donors (Lipinski definition) is 0. The smallest absolute Gasteiger partial charge is 0.170 e. The average Bonchev–Trinajstić information content (AvgIpc) is 3.41. The van der Waals surface area contributed by atoms with E-state index in [1.165, 1.54) is 16.7 Å². The molecule has 128 valence electrons. The van der Waals surface area contributed by atoms with Gasteiger partial charge in [-0.2, -0.15) is 0 Å². The molecule has 0 N–H and O–H groups in total. The molecule has 1 saturated carbocycles. The van der Waals surface area contributed by atoms with Gasteiger partial charge in [0.15, 0.2) is 5.78 Å². The van der Waals surface area contributed by atoms with Crippen LogP contribution in [0.5, 0.6) is 0 Å². The fraction of sp³-hybridized carbons (Fsp3) is 0.240. The Bertz CT molecular complexity index is 897. The van der Waals surface area contributed by atoms with Crippen molar-refractivity contribution in [3.63, 3.8) is 0 Å². The standard InChI is InChI=1S/C25H22O/c26-24-21-16-8-7-10-18(21)15-9-17-25(24)22(19-11-3-1-4-12-19)23(25)20-13-5-2-6-14-20/h1-8,10-14,16,22-23H,9,15,17H2/t22-,23+,25?. The van der Waals surface area contributed by atoms with Gasteiger partial charge in [0.05, 0.1) is 0 Å². The molecule has 2 aliphatic carbocycles. The Morgan fingerprint density at radius 3 is 1.85 bits per heavy atom. The third-order valence-corrected chi connectivity index (χ3v) is 6.37. The Balaban J connectivity index is 1.66. The molecule has 1 heteroatoms. The van der Waals surface area contributed by atoms with Crippen LogP contribution in [0.3, 0.4) is 0 Å². The van der Waals surface area contributed by atoms with Crippen LogP contribution in [-0.2, 0) is 6.42 Å². The molecule has 3 aromatic carbocycles. The second-order valence-electron chi connectivity index (χ2n) is 7.66.